The van der Waals surface area contributed by atoms with Gasteiger partial charge in [-0.1, -0.05) is 12.1 Å². The highest BCUT2D eigenvalue weighted by atomic mass is 35.5. The molecule has 3 aliphatic rings. The molecular weight excluding hydrogens is 282 g/mol. The predicted molar refractivity (Wildman–Crippen MR) is 91.9 cm³/mol. The number of hydrogen-bond acceptors (Lipinski definition) is 3. The van der Waals surface area contributed by atoms with Gasteiger partial charge in [-0.15, -0.1) is 12.4 Å². The van der Waals surface area contributed by atoms with E-state index in [-0.39, 0.29) is 12.4 Å². The minimum absolute atomic E-state index is 0. The van der Waals surface area contributed by atoms with Crippen LogP contribution in [0.5, 0.6) is 0 Å². The van der Waals surface area contributed by atoms with Gasteiger partial charge in [0.05, 0.1) is 11.4 Å². The summed E-state index contributed by atoms with van der Waals surface area (Å²) in [6.07, 6.45) is 5.46. The van der Waals surface area contributed by atoms with Gasteiger partial charge in [-0.05, 0) is 56.8 Å². The van der Waals surface area contributed by atoms with Crippen LogP contribution < -0.4 is 15.1 Å². The van der Waals surface area contributed by atoms with Crippen LogP contribution in [0.1, 0.15) is 25.7 Å². The normalized spacial score (nSPS) is 22.7. The molecule has 0 bridgehead atoms. The van der Waals surface area contributed by atoms with Crippen molar-refractivity contribution in [2.24, 2.45) is 5.92 Å². The Hall–Kier alpha value is -0.930. The number of hydrogen-bond donors (Lipinski definition) is 1. The first-order valence-corrected chi connectivity index (χ1v) is 8.23. The second kappa shape index (κ2) is 6.45. The van der Waals surface area contributed by atoms with E-state index in [1.165, 1.54) is 69.8 Å². The van der Waals surface area contributed by atoms with Gasteiger partial charge in [0.2, 0.25) is 0 Å². The number of para-hydroxylation sites is 2. The van der Waals surface area contributed by atoms with Crippen molar-refractivity contribution in [1.82, 2.24) is 5.32 Å². The Balaban J connectivity index is 0.00000132. The molecular formula is C17H26ClN3. The van der Waals surface area contributed by atoms with E-state index in [2.05, 4.69) is 39.4 Å². The Morgan fingerprint density at radius 3 is 2.38 bits per heavy atom. The maximum atomic E-state index is 3.47. The molecule has 116 valence electrons. The lowest BCUT2D eigenvalue weighted by Gasteiger charge is -2.41. The fraction of sp³-hybridized carbons (Fsp3) is 0.647. The van der Waals surface area contributed by atoms with E-state index in [9.17, 15) is 0 Å². The lowest BCUT2D eigenvalue weighted by Crippen LogP contribution is -2.45. The van der Waals surface area contributed by atoms with Crippen molar-refractivity contribution in [2.75, 3.05) is 42.5 Å². The Morgan fingerprint density at radius 1 is 0.952 bits per heavy atom. The maximum Gasteiger partial charge on any atom is 0.0607 e. The van der Waals surface area contributed by atoms with Crippen molar-refractivity contribution in [2.45, 2.75) is 31.7 Å². The minimum Gasteiger partial charge on any atom is -0.368 e. The summed E-state index contributed by atoms with van der Waals surface area (Å²) < 4.78 is 0. The lowest BCUT2D eigenvalue weighted by molar-refractivity contribution is 0.372. The molecule has 0 spiro atoms. The second-order valence-corrected chi connectivity index (χ2v) is 6.55. The summed E-state index contributed by atoms with van der Waals surface area (Å²) in [6, 6.07) is 9.87. The molecule has 4 rings (SSSR count). The highest BCUT2D eigenvalue weighted by Gasteiger charge is 2.34. The van der Waals surface area contributed by atoms with Crippen molar-refractivity contribution in [3.05, 3.63) is 24.3 Å². The molecule has 1 saturated heterocycles. The Labute approximate surface area is 134 Å². The van der Waals surface area contributed by atoms with Gasteiger partial charge in [-0.2, -0.15) is 0 Å². The van der Waals surface area contributed by atoms with E-state index in [0.717, 1.165) is 12.0 Å². The van der Waals surface area contributed by atoms with Crippen molar-refractivity contribution in [3.63, 3.8) is 0 Å². The van der Waals surface area contributed by atoms with Crippen LogP contribution in [0, 0.1) is 5.92 Å². The van der Waals surface area contributed by atoms with Gasteiger partial charge in [0, 0.05) is 25.7 Å². The third kappa shape index (κ3) is 3.14. The molecule has 1 aliphatic carbocycles. The first kappa shape index (κ1) is 15.0. The molecule has 1 aromatic rings. The first-order valence-electron chi connectivity index (χ1n) is 8.23. The minimum atomic E-state index is 0. The van der Waals surface area contributed by atoms with E-state index in [1.54, 1.807) is 0 Å². The van der Waals surface area contributed by atoms with Gasteiger partial charge < -0.3 is 15.1 Å². The standard InChI is InChI=1S/C17H25N3.ClH/c1-2-4-17-16(3-1)19(11-12-20(17)15-5-6-15)13-14-7-9-18-10-8-14;/h1-4,14-15,18H,5-13H2;1H. The van der Waals surface area contributed by atoms with Crippen molar-refractivity contribution < 1.29 is 0 Å². The van der Waals surface area contributed by atoms with E-state index in [1.807, 2.05) is 0 Å². The van der Waals surface area contributed by atoms with Gasteiger partial charge in [0.25, 0.3) is 0 Å². The van der Waals surface area contributed by atoms with Crippen LogP contribution in [-0.2, 0) is 0 Å². The van der Waals surface area contributed by atoms with E-state index in [4.69, 9.17) is 0 Å². The molecule has 1 aromatic carbocycles. The van der Waals surface area contributed by atoms with Gasteiger partial charge in [-0.3, -0.25) is 0 Å². The van der Waals surface area contributed by atoms with Crippen LogP contribution in [-0.4, -0.2) is 38.8 Å². The Kier molecular flexibility index (Phi) is 4.60. The molecule has 2 aliphatic heterocycles. The highest BCUT2D eigenvalue weighted by molar-refractivity contribution is 5.85. The van der Waals surface area contributed by atoms with Crippen LogP contribution in [0.4, 0.5) is 11.4 Å². The fourth-order valence-electron chi connectivity index (χ4n) is 3.77. The van der Waals surface area contributed by atoms with Crippen molar-refractivity contribution in [3.8, 4) is 0 Å². The third-order valence-corrected chi connectivity index (χ3v) is 5.07. The smallest absolute Gasteiger partial charge is 0.0607 e. The van der Waals surface area contributed by atoms with Gasteiger partial charge in [-0.25, -0.2) is 0 Å². The topological polar surface area (TPSA) is 18.5 Å². The van der Waals surface area contributed by atoms with Crippen LogP contribution in [0.3, 0.4) is 0 Å². The average molecular weight is 308 g/mol. The zero-order valence-electron chi connectivity index (χ0n) is 12.6. The molecule has 1 N–H and O–H groups in total. The molecule has 0 aromatic heterocycles. The van der Waals surface area contributed by atoms with Crippen LogP contribution in [0.25, 0.3) is 0 Å². The summed E-state index contributed by atoms with van der Waals surface area (Å²) in [5.41, 5.74) is 2.96. The summed E-state index contributed by atoms with van der Waals surface area (Å²) >= 11 is 0. The molecule has 3 nitrogen and oxygen atoms in total. The molecule has 2 fully saturated rings. The average Bonchev–Trinajstić information content (AvgIpc) is 3.33. The molecule has 21 heavy (non-hydrogen) atoms. The van der Waals surface area contributed by atoms with Crippen molar-refractivity contribution in [1.29, 1.82) is 0 Å². The maximum absolute atomic E-state index is 3.47. The monoisotopic (exact) mass is 307 g/mol. The number of fused-ring (bicyclic) bond motifs is 1. The Bertz CT molecular complexity index is 469. The number of anilines is 2. The Morgan fingerprint density at radius 2 is 1.67 bits per heavy atom. The quantitative estimate of drug-likeness (QED) is 0.926. The summed E-state index contributed by atoms with van der Waals surface area (Å²) in [5, 5.41) is 3.47. The first-order chi connectivity index (χ1) is 9.92. The van der Waals surface area contributed by atoms with Gasteiger partial charge >= 0.3 is 0 Å². The van der Waals surface area contributed by atoms with Crippen LogP contribution >= 0.6 is 12.4 Å². The van der Waals surface area contributed by atoms with Gasteiger partial charge in [0.15, 0.2) is 0 Å². The zero-order valence-corrected chi connectivity index (χ0v) is 13.4. The number of benzene rings is 1. The largest absolute Gasteiger partial charge is 0.368 e. The van der Waals surface area contributed by atoms with E-state index in [0.29, 0.717) is 0 Å². The SMILES string of the molecule is Cl.c1ccc2c(c1)N(CC1CCNCC1)CCN2C1CC1. The molecule has 0 radical (unpaired) electrons. The number of nitrogens with one attached hydrogen (secondary N) is 1. The van der Waals surface area contributed by atoms with Crippen LogP contribution in [0.15, 0.2) is 24.3 Å². The summed E-state index contributed by atoms with van der Waals surface area (Å²) in [4.78, 5) is 5.29. The number of nitrogens with zero attached hydrogens (tertiary/aromatic N) is 2. The van der Waals surface area contributed by atoms with Gasteiger partial charge in [0.1, 0.15) is 0 Å². The fourth-order valence-corrected chi connectivity index (χ4v) is 3.77. The summed E-state index contributed by atoms with van der Waals surface area (Å²) in [7, 11) is 0. The van der Waals surface area contributed by atoms with Crippen LogP contribution in [0.2, 0.25) is 0 Å². The second-order valence-electron chi connectivity index (χ2n) is 6.55. The summed E-state index contributed by atoms with van der Waals surface area (Å²) in [5.74, 6) is 0.872. The van der Waals surface area contributed by atoms with E-state index < -0.39 is 0 Å². The molecule has 0 unspecified atom stereocenters. The summed E-state index contributed by atoms with van der Waals surface area (Å²) in [6.45, 7) is 6.07. The van der Waals surface area contributed by atoms with E-state index >= 15 is 0 Å². The molecule has 0 atom stereocenters. The highest BCUT2D eigenvalue weighted by Crippen LogP contribution is 2.40. The molecule has 4 heteroatoms. The third-order valence-electron chi connectivity index (χ3n) is 5.07. The van der Waals surface area contributed by atoms with Crippen molar-refractivity contribution >= 4 is 23.8 Å². The lowest BCUT2D eigenvalue weighted by atomic mass is 9.96. The number of piperidine rings is 1. The number of halogens is 1. The molecule has 2 heterocycles. The predicted octanol–water partition coefficient (Wildman–Crippen LogP) is 2.90. The number of rotatable bonds is 3. The zero-order chi connectivity index (χ0) is 13.4. The molecule has 1 saturated carbocycles. The molecule has 0 amide bonds.